The van der Waals surface area contributed by atoms with Crippen LogP contribution in [0.5, 0.6) is 0 Å². The maximum atomic E-state index is 12.2. The van der Waals surface area contributed by atoms with Crippen molar-refractivity contribution in [3.05, 3.63) is 12.7 Å². The minimum Gasteiger partial charge on any atom is -0.338 e. The monoisotopic (exact) mass is 212 g/mol. The Bertz CT molecular complexity index is 210. The van der Waals surface area contributed by atoms with Crippen LogP contribution in [0.3, 0.4) is 0 Å². The van der Waals surface area contributed by atoms with Gasteiger partial charge in [-0.1, -0.05) is 19.9 Å². The Balaban J connectivity index is 4.66. The van der Waals surface area contributed by atoms with Crippen LogP contribution >= 0.6 is 0 Å². The lowest BCUT2D eigenvalue weighted by atomic mass is 9.86. The highest BCUT2D eigenvalue weighted by Crippen LogP contribution is 2.22. The molecule has 2 N–H and O–H groups in total. The molecule has 0 aromatic heterocycles. The van der Waals surface area contributed by atoms with Crippen molar-refractivity contribution < 1.29 is 4.79 Å². The molecule has 1 amide bonds. The van der Waals surface area contributed by atoms with Crippen molar-refractivity contribution in [1.29, 1.82) is 0 Å². The fraction of sp³-hybridized carbons (Fsp3) is 0.750. The molecule has 1 atom stereocenters. The summed E-state index contributed by atoms with van der Waals surface area (Å²) in [5.74, 6) is 0.147. The second-order valence-corrected chi connectivity index (χ2v) is 4.16. The molecule has 0 radical (unpaired) electrons. The van der Waals surface area contributed by atoms with Crippen LogP contribution in [0.4, 0.5) is 0 Å². The Hall–Kier alpha value is -0.830. The first-order valence-corrected chi connectivity index (χ1v) is 5.66. The molecule has 0 fully saturated rings. The number of carbonyl (C=O) groups is 1. The van der Waals surface area contributed by atoms with E-state index < -0.39 is 5.41 Å². The van der Waals surface area contributed by atoms with E-state index in [2.05, 4.69) is 13.5 Å². The van der Waals surface area contributed by atoms with E-state index in [1.54, 1.807) is 6.08 Å². The van der Waals surface area contributed by atoms with E-state index in [4.69, 9.17) is 5.73 Å². The maximum absolute atomic E-state index is 12.2. The minimum absolute atomic E-state index is 0.147. The molecule has 0 aromatic rings. The van der Waals surface area contributed by atoms with Crippen LogP contribution in [0.2, 0.25) is 0 Å². The molecule has 0 bridgehead atoms. The number of nitrogens with two attached hydrogens (primary N) is 1. The first-order chi connectivity index (χ1) is 7.05. The predicted molar refractivity (Wildman–Crippen MR) is 64.5 cm³/mol. The lowest BCUT2D eigenvalue weighted by Crippen LogP contribution is -2.46. The standard InChI is InChI=1S/C12H24N2O/c1-5-8-14(9-6-2)11(15)12(4,7-3)10-13/h5H,1,6-10,13H2,2-4H3. The van der Waals surface area contributed by atoms with Gasteiger partial charge in [0, 0.05) is 19.6 Å². The lowest BCUT2D eigenvalue weighted by molar-refractivity contribution is -0.140. The second kappa shape index (κ2) is 6.62. The van der Waals surface area contributed by atoms with Gasteiger partial charge in [-0.05, 0) is 19.8 Å². The lowest BCUT2D eigenvalue weighted by Gasteiger charge is -2.32. The molecule has 0 rings (SSSR count). The average Bonchev–Trinajstić information content (AvgIpc) is 2.26. The van der Waals surface area contributed by atoms with Gasteiger partial charge in [-0.25, -0.2) is 0 Å². The topological polar surface area (TPSA) is 46.3 Å². The molecule has 0 aliphatic rings. The third-order valence-electron chi connectivity index (χ3n) is 2.88. The SMILES string of the molecule is C=CCN(CCC)C(=O)C(C)(CC)CN. The van der Waals surface area contributed by atoms with E-state index in [-0.39, 0.29) is 5.91 Å². The Labute approximate surface area is 93.3 Å². The van der Waals surface area contributed by atoms with Crippen LogP contribution in [-0.2, 0) is 4.79 Å². The number of hydrogen-bond donors (Lipinski definition) is 1. The van der Waals surface area contributed by atoms with Crippen molar-refractivity contribution in [2.24, 2.45) is 11.1 Å². The normalized spacial score (nSPS) is 14.4. The number of amides is 1. The molecule has 0 aliphatic carbocycles. The molecule has 0 aromatic carbocycles. The Morgan fingerprint density at radius 2 is 2.13 bits per heavy atom. The third-order valence-corrected chi connectivity index (χ3v) is 2.88. The molecule has 15 heavy (non-hydrogen) atoms. The first kappa shape index (κ1) is 14.2. The van der Waals surface area contributed by atoms with Crippen LogP contribution in [0, 0.1) is 5.41 Å². The highest BCUT2D eigenvalue weighted by Gasteiger charge is 2.32. The summed E-state index contributed by atoms with van der Waals surface area (Å²) in [6.07, 6.45) is 3.50. The van der Waals surface area contributed by atoms with E-state index in [1.165, 1.54) is 0 Å². The van der Waals surface area contributed by atoms with E-state index in [9.17, 15) is 4.79 Å². The molecule has 0 saturated carbocycles. The van der Waals surface area contributed by atoms with Gasteiger partial charge in [0.1, 0.15) is 0 Å². The van der Waals surface area contributed by atoms with Crippen molar-refractivity contribution >= 4 is 5.91 Å². The van der Waals surface area contributed by atoms with Gasteiger partial charge >= 0.3 is 0 Å². The van der Waals surface area contributed by atoms with Crippen molar-refractivity contribution in [3.8, 4) is 0 Å². The van der Waals surface area contributed by atoms with E-state index in [1.807, 2.05) is 18.7 Å². The van der Waals surface area contributed by atoms with Crippen LogP contribution in [0.15, 0.2) is 12.7 Å². The van der Waals surface area contributed by atoms with Gasteiger partial charge in [-0.2, -0.15) is 0 Å². The van der Waals surface area contributed by atoms with Crippen molar-refractivity contribution in [1.82, 2.24) is 4.90 Å². The summed E-state index contributed by atoms with van der Waals surface area (Å²) in [7, 11) is 0. The zero-order valence-corrected chi connectivity index (χ0v) is 10.3. The Kier molecular flexibility index (Phi) is 6.25. The van der Waals surface area contributed by atoms with E-state index in [0.717, 1.165) is 19.4 Å². The van der Waals surface area contributed by atoms with Gasteiger partial charge in [0.15, 0.2) is 0 Å². The molecule has 0 aliphatic heterocycles. The molecular weight excluding hydrogens is 188 g/mol. The number of hydrogen-bond acceptors (Lipinski definition) is 2. The van der Waals surface area contributed by atoms with Gasteiger partial charge in [-0.15, -0.1) is 6.58 Å². The summed E-state index contributed by atoms with van der Waals surface area (Å²) in [5.41, 5.74) is 5.26. The van der Waals surface area contributed by atoms with Crippen LogP contribution in [0.1, 0.15) is 33.6 Å². The molecule has 0 saturated heterocycles. The number of carbonyl (C=O) groups excluding carboxylic acids is 1. The Morgan fingerprint density at radius 3 is 2.47 bits per heavy atom. The maximum Gasteiger partial charge on any atom is 0.230 e. The fourth-order valence-electron chi connectivity index (χ4n) is 1.47. The molecule has 3 nitrogen and oxygen atoms in total. The van der Waals surface area contributed by atoms with Crippen molar-refractivity contribution in [2.75, 3.05) is 19.6 Å². The largest absolute Gasteiger partial charge is 0.338 e. The third kappa shape index (κ3) is 3.67. The van der Waals surface area contributed by atoms with Crippen LogP contribution in [0.25, 0.3) is 0 Å². The molecule has 3 heteroatoms. The molecular formula is C12H24N2O. The number of rotatable bonds is 7. The molecule has 1 unspecified atom stereocenters. The first-order valence-electron chi connectivity index (χ1n) is 5.66. The average molecular weight is 212 g/mol. The highest BCUT2D eigenvalue weighted by atomic mass is 16.2. The zero-order chi connectivity index (χ0) is 11.9. The van der Waals surface area contributed by atoms with Gasteiger partial charge in [-0.3, -0.25) is 4.79 Å². The van der Waals surface area contributed by atoms with Crippen LogP contribution in [-0.4, -0.2) is 30.4 Å². The summed E-state index contributed by atoms with van der Waals surface area (Å²) in [5, 5.41) is 0. The summed E-state index contributed by atoms with van der Waals surface area (Å²) in [6.45, 7) is 11.5. The van der Waals surface area contributed by atoms with E-state index >= 15 is 0 Å². The summed E-state index contributed by atoms with van der Waals surface area (Å²) in [6, 6.07) is 0. The zero-order valence-electron chi connectivity index (χ0n) is 10.3. The summed E-state index contributed by atoms with van der Waals surface area (Å²) < 4.78 is 0. The summed E-state index contributed by atoms with van der Waals surface area (Å²) >= 11 is 0. The Morgan fingerprint density at radius 1 is 1.53 bits per heavy atom. The minimum atomic E-state index is -0.418. The highest BCUT2D eigenvalue weighted by molar-refractivity contribution is 5.82. The van der Waals surface area contributed by atoms with Crippen molar-refractivity contribution in [2.45, 2.75) is 33.6 Å². The quantitative estimate of drug-likeness (QED) is 0.654. The second-order valence-electron chi connectivity index (χ2n) is 4.16. The summed E-state index contributed by atoms with van der Waals surface area (Å²) in [4.78, 5) is 14.0. The van der Waals surface area contributed by atoms with Gasteiger partial charge in [0.2, 0.25) is 5.91 Å². The fourth-order valence-corrected chi connectivity index (χ4v) is 1.47. The van der Waals surface area contributed by atoms with Gasteiger partial charge < -0.3 is 10.6 Å². The predicted octanol–water partition coefficient (Wildman–Crippen LogP) is 1.79. The van der Waals surface area contributed by atoms with Gasteiger partial charge in [0.05, 0.1) is 5.41 Å². The molecule has 0 spiro atoms. The van der Waals surface area contributed by atoms with Gasteiger partial charge in [0.25, 0.3) is 0 Å². The van der Waals surface area contributed by atoms with Crippen molar-refractivity contribution in [3.63, 3.8) is 0 Å². The van der Waals surface area contributed by atoms with E-state index in [0.29, 0.717) is 13.1 Å². The molecule has 88 valence electrons. The number of nitrogens with zero attached hydrogens (tertiary/aromatic N) is 1. The molecule has 0 heterocycles. The van der Waals surface area contributed by atoms with Crippen LogP contribution < -0.4 is 5.73 Å². The smallest absolute Gasteiger partial charge is 0.230 e.